The molecule has 0 radical (unpaired) electrons. The second-order valence-electron chi connectivity index (χ2n) is 3.90. The molecule has 4 unspecified atom stereocenters. The molecular weight excluding hydrogens is 291 g/mol. The Balaban J connectivity index is 4.59. The number of hydrogen-bond donors (Lipinski definition) is 0. The number of alkyl halides is 5. The van der Waals surface area contributed by atoms with Crippen molar-refractivity contribution < 1.29 is 35.2 Å². The van der Waals surface area contributed by atoms with E-state index in [1.165, 1.54) is 21.3 Å². The summed E-state index contributed by atoms with van der Waals surface area (Å²) in [5, 5.41) is 0. The molecule has 0 rings (SSSR count). The van der Waals surface area contributed by atoms with Gasteiger partial charge in [-0.2, -0.15) is 0 Å². The first kappa shape index (κ1) is 18.7. The Morgan fingerprint density at radius 3 is 1.63 bits per heavy atom. The molecule has 4 atom stereocenters. The molecule has 0 aliphatic heterocycles. The summed E-state index contributed by atoms with van der Waals surface area (Å²) in [5.74, 6) is 0. The van der Waals surface area contributed by atoms with Crippen molar-refractivity contribution in [3.63, 3.8) is 0 Å². The van der Waals surface area contributed by atoms with Gasteiger partial charge in [0.05, 0.1) is 12.7 Å². The third kappa shape index (κ3) is 5.33. The second-order valence-corrected chi connectivity index (χ2v) is 6.90. The van der Waals surface area contributed by atoms with Crippen LogP contribution in [-0.4, -0.2) is 61.5 Å². The van der Waals surface area contributed by atoms with Gasteiger partial charge < -0.3 is 13.3 Å². The molecule has 0 heterocycles. The zero-order valence-electron chi connectivity index (χ0n) is 11.0. The van der Waals surface area contributed by atoms with E-state index in [4.69, 9.17) is 13.3 Å². The van der Waals surface area contributed by atoms with Gasteiger partial charge in [-0.3, -0.25) is 4.39 Å². The van der Waals surface area contributed by atoms with Crippen molar-refractivity contribution in [3.8, 4) is 0 Å². The average molecular weight is 310 g/mol. The highest BCUT2D eigenvalue weighted by atomic mass is 28.4. The van der Waals surface area contributed by atoms with Gasteiger partial charge in [0.1, 0.15) is 12.3 Å². The molecule has 0 amide bonds. The standard InChI is InChI=1S/C10H19F5O3Si/c1-16-19(17-2,18-3)6-8(13)10(15)9(14)7(12)4-5-11/h7-10H,4-6H2,1-3H3. The van der Waals surface area contributed by atoms with Gasteiger partial charge in [-0.25, -0.2) is 17.6 Å². The van der Waals surface area contributed by atoms with Crippen molar-refractivity contribution in [3.05, 3.63) is 0 Å². The Morgan fingerprint density at radius 2 is 1.26 bits per heavy atom. The largest absolute Gasteiger partial charge is 0.503 e. The van der Waals surface area contributed by atoms with Crippen LogP contribution in [0.3, 0.4) is 0 Å². The minimum atomic E-state index is -3.42. The van der Waals surface area contributed by atoms with E-state index in [1.807, 2.05) is 0 Å². The fraction of sp³-hybridized carbons (Fsp3) is 1.00. The van der Waals surface area contributed by atoms with Crippen LogP contribution in [0.5, 0.6) is 0 Å². The molecule has 0 bridgehead atoms. The summed E-state index contributed by atoms with van der Waals surface area (Å²) < 4.78 is 79.7. The van der Waals surface area contributed by atoms with Gasteiger partial charge in [-0.15, -0.1) is 0 Å². The van der Waals surface area contributed by atoms with Gasteiger partial charge in [-0.05, 0) is 0 Å². The summed E-state index contributed by atoms with van der Waals surface area (Å²) in [5.41, 5.74) is 0. The molecule has 0 spiro atoms. The average Bonchev–Trinajstić information content (AvgIpc) is 2.43. The molecule has 9 heteroatoms. The molecule has 0 aliphatic rings. The van der Waals surface area contributed by atoms with Crippen LogP contribution in [0, 0.1) is 0 Å². The van der Waals surface area contributed by atoms with E-state index < -0.39 is 52.6 Å². The molecule has 0 aromatic heterocycles. The predicted octanol–water partition coefficient (Wildman–Crippen LogP) is 2.58. The molecule has 0 saturated carbocycles. The van der Waals surface area contributed by atoms with E-state index in [-0.39, 0.29) is 0 Å². The Morgan fingerprint density at radius 1 is 0.842 bits per heavy atom. The summed E-state index contributed by atoms with van der Waals surface area (Å²) in [6.45, 7) is -1.14. The second kappa shape index (κ2) is 8.83. The lowest BCUT2D eigenvalue weighted by atomic mass is 10.1. The molecule has 0 saturated heterocycles. The van der Waals surface area contributed by atoms with Gasteiger partial charge in [0.25, 0.3) is 0 Å². The van der Waals surface area contributed by atoms with E-state index >= 15 is 0 Å². The van der Waals surface area contributed by atoms with E-state index in [1.54, 1.807) is 0 Å². The summed E-state index contributed by atoms with van der Waals surface area (Å²) in [4.78, 5) is 0. The Hall–Kier alpha value is -0.253. The third-order valence-corrected chi connectivity index (χ3v) is 5.51. The first-order chi connectivity index (χ1) is 8.87. The molecule has 3 nitrogen and oxygen atoms in total. The topological polar surface area (TPSA) is 27.7 Å². The summed E-state index contributed by atoms with van der Waals surface area (Å²) in [7, 11) is 0.142. The molecule has 0 N–H and O–H groups in total. The summed E-state index contributed by atoms with van der Waals surface area (Å²) >= 11 is 0. The van der Waals surface area contributed by atoms with Crippen molar-refractivity contribution in [2.75, 3.05) is 28.0 Å². The molecule has 0 fully saturated rings. The molecule has 0 aromatic carbocycles. The Bertz CT molecular complexity index is 237. The van der Waals surface area contributed by atoms with Crippen molar-refractivity contribution >= 4 is 8.80 Å². The minimum Gasteiger partial charge on any atom is -0.377 e. The van der Waals surface area contributed by atoms with Crippen LogP contribution in [0.25, 0.3) is 0 Å². The first-order valence-electron chi connectivity index (χ1n) is 5.65. The summed E-state index contributed by atoms with van der Waals surface area (Å²) in [6, 6.07) is -0.652. The molecule has 19 heavy (non-hydrogen) atoms. The normalized spacial score (nSPS) is 18.9. The Kier molecular flexibility index (Phi) is 8.71. The van der Waals surface area contributed by atoms with Crippen LogP contribution in [0.1, 0.15) is 6.42 Å². The van der Waals surface area contributed by atoms with Crippen molar-refractivity contribution in [1.82, 2.24) is 0 Å². The fourth-order valence-corrected chi connectivity index (χ4v) is 3.22. The van der Waals surface area contributed by atoms with E-state index in [0.29, 0.717) is 0 Å². The number of halogens is 5. The lowest BCUT2D eigenvalue weighted by Gasteiger charge is -2.28. The van der Waals surface area contributed by atoms with Gasteiger partial charge in [-0.1, -0.05) is 0 Å². The van der Waals surface area contributed by atoms with Crippen LogP contribution in [-0.2, 0) is 13.3 Å². The highest BCUT2D eigenvalue weighted by Gasteiger charge is 2.46. The van der Waals surface area contributed by atoms with Crippen LogP contribution in [0.15, 0.2) is 0 Å². The lowest BCUT2D eigenvalue weighted by Crippen LogP contribution is -2.48. The third-order valence-electron chi connectivity index (χ3n) is 2.76. The van der Waals surface area contributed by atoms with Gasteiger partial charge in [0, 0.05) is 27.8 Å². The van der Waals surface area contributed by atoms with Crippen LogP contribution in [0.4, 0.5) is 22.0 Å². The van der Waals surface area contributed by atoms with Crippen molar-refractivity contribution in [1.29, 1.82) is 0 Å². The van der Waals surface area contributed by atoms with Gasteiger partial charge in [0.15, 0.2) is 12.3 Å². The van der Waals surface area contributed by atoms with Crippen LogP contribution < -0.4 is 0 Å². The summed E-state index contributed by atoms with van der Waals surface area (Å²) in [6.07, 6.45) is -11.0. The predicted molar refractivity (Wildman–Crippen MR) is 61.8 cm³/mol. The highest BCUT2D eigenvalue weighted by molar-refractivity contribution is 6.60. The number of hydrogen-bond acceptors (Lipinski definition) is 3. The minimum absolute atomic E-state index is 0.652. The maximum Gasteiger partial charge on any atom is 0.503 e. The van der Waals surface area contributed by atoms with Gasteiger partial charge >= 0.3 is 8.80 Å². The van der Waals surface area contributed by atoms with E-state index in [0.717, 1.165) is 0 Å². The fourth-order valence-electron chi connectivity index (χ4n) is 1.51. The van der Waals surface area contributed by atoms with Gasteiger partial charge in [0.2, 0.25) is 0 Å². The van der Waals surface area contributed by atoms with Crippen LogP contribution >= 0.6 is 0 Å². The zero-order chi connectivity index (χ0) is 15.1. The van der Waals surface area contributed by atoms with E-state index in [2.05, 4.69) is 0 Å². The molecule has 116 valence electrons. The maximum atomic E-state index is 13.6. The lowest BCUT2D eigenvalue weighted by molar-refractivity contribution is 0.0241. The maximum absolute atomic E-state index is 13.6. The SMILES string of the molecule is CO[Si](CC(F)C(F)C(F)C(F)CCF)(OC)OC. The quantitative estimate of drug-likeness (QED) is 0.458. The monoisotopic (exact) mass is 310 g/mol. The smallest absolute Gasteiger partial charge is 0.377 e. The van der Waals surface area contributed by atoms with E-state index in [9.17, 15) is 22.0 Å². The van der Waals surface area contributed by atoms with Crippen LogP contribution in [0.2, 0.25) is 6.04 Å². The zero-order valence-corrected chi connectivity index (χ0v) is 12.0. The highest BCUT2D eigenvalue weighted by Crippen LogP contribution is 2.26. The van der Waals surface area contributed by atoms with Crippen molar-refractivity contribution in [2.24, 2.45) is 0 Å². The first-order valence-corrected chi connectivity index (χ1v) is 7.58. The molecular formula is C10H19F5O3Si. The Labute approximate surface area is 110 Å². The van der Waals surface area contributed by atoms with Crippen molar-refractivity contribution in [2.45, 2.75) is 37.2 Å². The molecule has 0 aromatic rings. The molecule has 0 aliphatic carbocycles. The number of rotatable bonds is 10.